The van der Waals surface area contributed by atoms with E-state index >= 15 is 0 Å². The molecule has 0 aliphatic carbocycles. The van der Waals surface area contributed by atoms with Gasteiger partial charge in [-0.25, -0.2) is 4.98 Å². The quantitative estimate of drug-likeness (QED) is 0.621. The van der Waals surface area contributed by atoms with Gasteiger partial charge in [-0.15, -0.1) is 0 Å². The summed E-state index contributed by atoms with van der Waals surface area (Å²) in [7, 11) is 0. The SMILES string of the molecule is Cc1ccn2c(=O)c(C)c(Cl)nc2c1. The normalized spacial score (nSPS) is 10.8. The van der Waals surface area contributed by atoms with Crippen molar-refractivity contribution in [1.82, 2.24) is 9.38 Å². The van der Waals surface area contributed by atoms with Gasteiger partial charge in [-0.05, 0) is 31.5 Å². The summed E-state index contributed by atoms with van der Waals surface area (Å²) in [4.78, 5) is 15.8. The molecule has 0 spiro atoms. The minimum atomic E-state index is -0.111. The number of rotatable bonds is 0. The van der Waals surface area contributed by atoms with Crippen molar-refractivity contribution in [2.75, 3.05) is 0 Å². The molecule has 0 aliphatic rings. The van der Waals surface area contributed by atoms with Crippen LogP contribution in [0.5, 0.6) is 0 Å². The summed E-state index contributed by atoms with van der Waals surface area (Å²) in [5.41, 5.74) is 2.01. The zero-order valence-corrected chi connectivity index (χ0v) is 8.67. The summed E-state index contributed by atoms with van der Waals surface area (Å²) in [6, 6.07) is 3.69. The Labute approximate surface area is 86.0 Å². The fraction of sp³-hybridized carbons (Fsp3) is 0.200. The Bertz CT molecular complexity index is 560. The first-order chi connectivity index (χ1) is 6.59. The van der Waals surface area contributed by atoms with Crippen LogP contribution >= 0.6 is 11.6 Å². The van der Waals surface area contributed by atoms with Gasteiger partial charge in [-0.3, -0.25) is 9.20 Å². The van der Waals surface area contributed by atoms with Gasteiger partial charge in [0.15, 0.2) is 0 Å². The maximum atomic E-state index is 11.7. The maximum Gasteiger partial charge on any atom is 0.262 e. The van der Waals surface area contributed by atoms with Gasteiger partial charge in [-0.1, -0.05) is 11.6 Å². The number of fused-ring (bicyclic) bond motifs is 1. The number of aromatic nitrogens is 2. The van der Waals surface area contributed by atoms with Crippen LogP contribution in [0.25, 0.3) is 5.65 Å². The van der Waals surface area contributed by atoms with Gasteiger partial charge in [0.1, 0.15) is 10.8 Å². The van der Waals surface area contributed by atoms with Gasteiger partial charge in [0, 0.05) is 6.20 Å². The van der Waals surface area contributed by atoms with Crippen LogP contribution in [-0.2, 0) is 0 Å². The molecule has 0 aromatic carbocycles. The lowest BCUT2D eigenvalue weighted by molar-refractivity contribution is 1.01. The average Bonchev–Trinajstić information content (AvgIpc) is 2.14. The zero-order valence-electron chi connectivity index (χ0n) is 7.91. The first-order valence-corrected chi connectivity index (χ1v) is 4.62. The van der Waals surface area contributed by atoms with Gasteiger partial charge in [0.25, 0.3) is 5.56 Å². The van der Waals surface area contributed by atoms with Crippen molar-refractivity contribution in [2.24, 2.45) is 0 Å². The Kier molecular flexibility index (Phi) is 2.04. The number of aryl methyl sites for hydroxylation is 1. The summed E-state index contributed by atoms with van der Waals surface area (Å²) < 4.78 is 1.49. The van der Waals surface area contributed by atoms with E-state index in [9.17, 15) is 4.79 Å². The van der Waals surface area contributed by atoms with Gasteiger partial charge in [0.2, 0.25) is 0 Å². The number of hydrogen-bond acceptors (Lipinski definition) is 2. The second-order valence-electron chi connectivity index (χ2n) is 3.27. The Morgan fingerprint density at radius 3 is 2.86 bits per heavy atom. The second kappa shape index (κ2) is 3.10. The van der Waals surface area contributed by atoms with Crippen molar-refractivity contribution in [3.63, 3.8) is 0 Å². The predicted molar refractivity (Wildman–Crippen MR) is 55.9 cm³/mol. The third-order valence-electron chi connectivity index (χ3n) is 2.15. The van der Waals surface area contributed by atoms with Crippen molar-refractivity contribution in [1.29, 1.82) is 0 Å². The molecular weight excluding hydrogens is 200 g/mol. The summed E-state index contributed by atoms with van der Waals surface area (Å²) in [5, 5.41) is 0.278. The molecule has 2 heterocycles. The molecule has 0 atom stereocenters. The monoisotopic (exact) mass is 208 g/mol. The summed E-state index contributed by atoms with van der Waals surface area (Å²) >= 11 is 5.82. The van der Waals surface area contributed by atoms with E-state index in [0.717, 1.165) is 5.56 Å². The van der Waals surface area contributed by atoms with E-state index in [-0.39, 0.29) is 10.7 Å². The van der Waals surface area contributed by atoms with Crippen LogP contribution in [0.1, 0.15) is 11.1 Å². The predicted octanol–water partition coefficient (Wildman–Crippen LogP) is 1.96. The van der Waals surface area contributed by atoms with Crippen LogP contribution < -0.4 is 5.56 Å². The molecular formula is C10H9ClN2O. The average molecular weight is 209 g/mol. The molecule has 0 N–H and O–H groups in total. The first-order valence-electron chi connectivity index (χ1n) is 4.25. The van der Waals surface area contributed by atoms with Crippen molar-refractivity contribution in [3.05, 3.63) is 45.0 Å². The third kappa shape index (κ3) is 1.30. The van der Waals surface area contributed by atoms with Crippen LogP contribution in [0.3, 0.4) is 0 Å². The van der Waals surface area contributed by atoms with Crippen LogP contribution in [0, 0.1) is 13.8 Å². The van der Waals surface area contributed by atoms with Crippen LogP contribution in [0.2, 0.25) is 5.15 Å². The number of nitrogens with zero attached hydrogens (tertiary/aromatic N) is 2. The minimum Gasteiger partial charge on any atom is -0.269 e. The standard InChI is InChI=1S/C10H9ClN2O/c1-6-3-4-13-8(5-6)12-9(11)7(2)10(13)14/h3-5H,1-2H3. The highest BCUT2D eigenvalue weighted by Gasteiger charge is 2.05. The molecule has 0 radical (unpaired) electrons. The fourth-order valence-electron chi connectivity index (χ4n) is 1.30. The van der Waals surface area contributed by atoms with E-state index in [2.05, 4.69) is 4.98 Å². The van der Waals surface area contributed by atoms with E-state index < -0.39 is 0 Å². The van der Waals surface area contributed by atoms with E-state index in [1.165, 1.54) is 4.40 Å². The third-order valence-corrected chi connectivity index (χ3v) is 2.52. The second-order valence-corrected chi connectivity index (χ2v) is 3.62. The van der Waals surface area contributed by atoms with Crippen molar-refractivity contribution >= 4 is 17.2 Å². The number of halogens is 1. The molecule has 0 amide bonds. The molecule has 0 saturated carbocycles. The van der Waals surface area contributed by atoms with Crippen LogP contribution in [-0.4, -0.2) is 9.38 Å². The first kappa shape index (κ1) is 9.21. The van der Waals surface area contributed by atoms with Crippen LogP contribution in [0.4, 0.5) is 0 Å². The molecule has 0 saturated heterocycles. The highest BCUT2D eigenvalue weighted by atomic mass is 35.5. The summed E-state index contributed by atoms with van der Waals surface area (Å²) in [5.74, 6) is 0. The Morgan fingerprint density at radius 1 is 1.43 bits per heavy atom. The molecule has 2 aromatic rings. The van der Waals surface area contributed by atoms with Crippen molar-refractivity contribution in [2.45, 2.75) is 13.8 Å². The minimum absolute atomic E-state index is 0.111. The zero-order chi connectivity index (χ0) is 10.3. The van der Waals surface area contributed by atoms with E-state index in [1.807, 2.05) is 19.1 Å². The van der Waals surface area contributed by atoms with Gasteiger partial charge in [-0.2, -0.15) is 0 Å². The van der Waals surface area contributed by atoms with Gasteiger partial charge < -0.3 is 0 Å². The van der Waals surface area contributed by atoms with Crippen molar-refractivity contribution < 1.29 is 0 Å². The van der Waals surface area contributed by atoms with Crippen molar-refractivity contribution in [3.8, 4) is 0 Å². The lowest BCUT2D eigenvalue weighted by Crippen LogP contribution is -2.17. The molecule has 0 unspecified atom stereocenters. The van der Waals surface area contributed by atoms with E-state index in [0.29, 0.717) is 11.2 Å². The summed E-state index contributed by atoms with van der Waals surface area (Å²) in [6.45, 7) is 3.61. The lowest BCUT2D eigenvalue weighted by atomic mass is 10.3. The smallest absolute Gasteiger partial charge is 0.262 e. The van der Waals surface area contributed by atoms with Gasteiger partial charge in [0.05, 0.1) is 5.56 Å². The summed E-state index contributed by atoms with van der Waals surface area (Å²) in [6.07, 6.45) is 1.71. The molecule has 0 bridgehead atoms. The molecule has 0 aliphatic heterocycles. The van der Waals surface area contributed by atoms with Crippen LogP contribution in [0.15, 0.2) is 23.1 Å². The molecule has 4 heteroatoms. The Hall–Kier alpha value is -1.35. The highest BCUT2D eigenvalue weighted by Crippen LogP contribution is 2.10. The topological polar surface area (TPSA) is 34.4 Å². The fourth-order valence-corrected chi connectivity index (χ4v) is 1.47. The molecule has 2 rings (SSSR count). The van der Waals surface area contributed by atoms with Gasteiger partial charge >= 0.3 is 0 Å². The number of hydrogen-bond donors (Lipinski definition) is 0. The molecule has 14 heavy (non-hydrogen) atoms. The van der Waals surface area contributed by atoms with E-state index in [4.69, 9.17) is 11.6 Å². The Morgan fingerprint density at radius 2 is 2.14 bits per heavy atom. The Balaban J connectivity index is 2.98. The molecule has 2 aromatic heterocycles. The number of pyridine rings is 1. The van der Waals surface area contributed by atoms with E-state index in [1.54, 1.807) is 13.1 Å². The molecule has 72 valence electrons. The largest absolute Gasteiger partial charge is 0.269 e. The molecule has 3 nitrogen and oxygen atoms in total. The lowest BCUT2D eigenvalue weighted by Gasteiger charge is -2.03. The highest BCUT2D eigenvalue weighted by molar-refractivity contribution is 6.30. The molecule has 0 fully saturated rings. The maximum absolute atomic E-state index is 11.7.